The van der Waals surface area contributed by atoms with Gasteiger partial charge < -0.3 is 10.1 Å². The van der Waals surface area contributed by atoms with Crippen LogP contribution in [0.3, 0.4) is 0 Å². The van der Waals surface area contributed by atoms with E-state index in [1.54, 1.807) is 19.3 Å². The van der Waals surface area contributed by atoms with Crippen molar-refractivity contribution in [3.63, 3.8) is 0 Å². The van der Waals surface area contributed by atoms with Crippen LogP contribution in [0.1, 0.15) is 5.56 Å². The number of nitro groups is 1. The number of halogens is 1. The van der Waals surface area contributed by atoms with Crippen molar-refractivity contribution in [3.05, 3.63) is 68.1 Å². The predicted octanol–water partition coefficient (Wildman–Crippen LogP) is 4.15. The molecule has 26 heavy (non-hydrogen) atoms. The molecule has 3 rings (SSSR count). The van der Waals surface area contributed by atoms with E-state index in [2.05, 4.69) is 10.3 Å². The Hall–Kier alpha value is -2.84. The molecule has 1 N–H and O–H groups in total. The summed E-state index contributed by atoms with van der Waals surface area (Å²) in [6, 6.07) is 11.3. The summed E-state index contributed by atoms with van der Waals surface area (Å²) in [6.45, 7) is 0. The second kappa shape index (κ2) is 7.59. The molecule has 1 aliphatic heterocycles. The van der Waals surface area contributed by atoms with Crippen molar-refractivity contribution in [2.75, 3.05) is 7.11 Å². The largest absolute Gasteiger partial charge is 0.496 e. The van der Waals surface area contributed by atoms with Crippen LogP contribution in [0.2, 0.25) is 5.02 Å². The van der Waals surface area contributed by atoms with E-state index in [0.717, 1.165) is 17.3 Å². The molecule has 1 saturated heterocycles. The van der Waals surface area contributed by atoms with Gasteiger partial charge in [-0.05, 0) is 30.0 Å². The highest BCUT2D eigenvalue weighted by molar-refractivity contribution is 8.18. The van der Waals surface area contributed by atoms with Crippen molar-refractivity contribution in [1.82, 2.24) is 5.32 Å². The number of para-hydroxylation sites is 1. The predicted molar refractivity (Wildman–Crippen MR) is 102 cm³/mol. The molecular weight excluding hydrogens is 378 g/mol. The molecule has 1 heterocycles. The summed E-state index contributed by atoms with van der Waals surface area (Å²) in [6.07, 6.45) is 1.71. The molecular formula is C17H12ClN3O4S. The fourth-order valence-electron chi connectivity index (χ4n) is 2.22. The number of thioether (sulfide) groups is 1. The lowest BCUT2D eigenvalue weighted by Crippen LogP contribution is -2.19. The summed E-state index contributed by atoms with van der Waals surface area (Å²) in [5, 5.41) is 13.9. The molecule has 0 atom stereocenters. The lowest BCUT2D eigenvalue weighted by molar-refractivity contribution is -0.384. The molecule has 9 heteroatoms. The van der Waals surface area contributed by atoms with E-state index in [4.69, 9.17) is 16.3 Å². The van der Waals surface area contributed by atoms with E-state index in [-0.39, 0.29) is 16.6 Å². The van der Waals surface area contributed by atoms with Gasteiger partial charge in [-0.3, -0.25) is 14.9 Å². The van der Waals surface area contributed by atoms with Gasteiger partial charge >= 0.3 is 0 Å². The number of nitrogens with one attached hydrogen (secondary N) is 1. The average molecular weight is 390 g/mol. The van der Waals surface area contributed by atoms with Crippen LogP contribution in [0, 0.1) is 10.1 Å². The van der Waals surface area contributed by atoms with Gasteiger partial charge in [-0.1, -0.05) is 29.8 Å². The Kier molecular flexibility index (Phi) is 5.24. The second-order valence-corrected chi connectivity index (χ2v) is 6.55. The zero-order valence-electron chi connectivity index (χ0n) is 13.4. The van der Waals surface area contributed by atoms with Gasteiger partial charge in [0, 0.05) is 17.7 Å². The van der Waals surface area contributed by atoms with E-state index >= 15 is 0 Å². The number of aliphatic imine (C=N–C) groups is 1. The van der Waals surface area contributed by atoms with Gasteiger partial charge in [-0.15, -0.1) is 0 Å². The van der Waals surface area contributed by atoms with Gasteiger partial charge in [0.2, 0.25) is 0 Å². The minimum atomic E-state index is -0.539. The van der Waals surface area contributed by atoms with Crippen LogP contribution in [-0.2, 0) is 4.79 Å². The van der Waals surface area contributed by atoms with Gasteiger partial charge in [0.1, 0.15) is 5.75 Å². The third-order valence-electron chi connectivity index (χ3n) is 3.44. The topological polar surface area (TPSA) is 93.8 Å². The number of carbonyl (C=O) groups is 1. The first kappa shape index (κ1) is 18.0. The molecule has 0 radical (unpaired) electrons. The smallest absolute Gasteiger partial charge is 0.271 e. The van der Waals surface area contributed by atoms with E-state index < -0.39 is 4.92 Å². The monoisotopic (exact) mass is 389 g/mol. The molecule has 1 aliphatic rings. The van der Waals surface area contributed by atoms with Crippen molar-refractivity contribution in [2.45, 2.75) is 0 Å². The Morgan fingerprint density at radius 3 is 2.77 bits per heavy atom. The molecule has 7 nitrogen and oxygen atoms in total. The lowest BCUT2D eigenvalue weighted by Gasteiger charge is -2.03. The Morgan fingerprint density at radius 2 is 2.08 bits per heavy atom. The molecule has 0 saturated carbocycles. The maximum absolute atomic E-state index is 12.2. The van der Waals surface area contributed by atoms with Gasteiger partial charge in [-0.25, -0.2) is 4.99 Å². The minimum Gasteiger partial charge on any atom is -0.496 e. The van der Waals surface area contributed by atoms with E-state index in [1.165, 1.54) is 18.2 Å². The first-order valence-electron chi connectivity index (χ1n) is 7.34. The highest BCUT2D eigenvalue weighted by Gasteiger charge is 2.24. The fourth-order valence-corrected chi connectivity index (χ4v) is 3.26. The number of hydrogen-bond donors (Lipinski definition) is 1. The van der Waals surface area contributed by atoms with Crippen LogP contribution in [0.5, 0.6) is 5.75 Å². The highest BCUT2D eigenvalue weighted by atomic mass is 35.5. The molecule has 0 bridgehead atoms. The fraction of sp³-hybridized carbons (Fsp3) is 0.0588. The SMILES string of the molecule is COc1ccccc1/C=C1/SC(=Nc2ccc([N+](=O)[O-])cc2Cl)NC1=O. The molecule has 132 valence electrons. The van der Waals surface area contributed by atoms with Crippen LogP contribution in [0.15, 0.2) is 52.4 Å². The molecule has 0 spiro atoms. The van der Waals surface area contributed by atoms with Gasteiger partial charge in [0.25, 0.3) is 11.6 Å². The maximum atomic E-state index is 12.2. The number of rotatable bonds is 4. The number of hydrogen-bond acceptors (Lipinski definition) is 6. The highest BCUT2D eigenvalue weighted by Crippen LogP contribution is 2.33. The van der Waals surface area contributed by atoms with E-state index in [0.29, 0.717) is 21.5 Å². The lowest BCUT2D eigenvalue weighted by atomic mass is 10.2. The maximum Gasteiger partial charge on any atom is 0.271 e. The van der Waals surface area contributed by atoms with Crippen LogP contribution in [0.4, 0.5) is 11.4 Å². The minimum absolute atomic E-state index is 0.126. The summed E-state index contributed by atoms with van der Waals surface area (Å²) in [7, 11) is 1.56. The van der Waals surface area contributed by atoms with Crippen molar-refractivity contribution in [1.29, 1.82) is 0 Å². The second-order valence-electron chi connectivity index (χ2n) is 5.12. The number of nitrogens with zero attached hydrogens (tertiary/aromatic N) is 2. The standard InChI is InChI=1S/C17H12ClN3O4S/c1-25-14-5-3-2-4-10(14)8-15-16(22)20-17(26-15)19-13-7-6-11(21(23)24)9-12(13)18/h2-9H,1H3,(H,19,20,22)/b15-8+. The third kappa shape index (κ3) is 3.87. The van der Waals surface area contributed by atoms with E-state index in [9.17, 15) is 14.9 Å². The molecule has 2 aromatic carbocycles. The molecule has 0 aromatic heterocycles. The van der Waals surface area contributed by atoms with Crippen molar-refractivity contribution in [3.8, 4) is 5.75 Å². The molecule has 0 aliphatic carbocycles. The average Bonchev–Trinajstić information content (AvgIpc) is 2.96. The number of nitro benzene ring substituents is 1. The quantitative estimate of drug-likeness (QED) is 0.481. The number of carbonyl (C=O) groups excluding carboxylic acids is 1. The van der Waals surface area contributed by atoms with Gasteiger partial charge in [-0.2, -0.15) is 0 Å². The summed E-state index contributed by atoms with van der Waals surface area (Å²) in [5.74, 6) is 0.356. The summed E-state index contributed by atoms with van der Waals surface area (Å²) < 4.78 is 5.27. The summed E-state index contributed by atoms with van der Waals surface area (Å²) in [4.78, 5) is 27.1. The normalized spacial score (nSPS) is 16.8. The number of methoxy groups -OCH3 is 1. The van der Waals surface area contributed by atoms with Crippen LogP contribution in [0.25, 0.3) is 6.08 Å². The first-order chi connectivity index (χ1) is 12.5. The summed E-state index contributed by atoms with van der Waals surface area (Å²) >= 11 is 7.18. The number of benzene rings is 2. The molecule has 0 unspecified atom stereocenters. The summed E-state index contributed by atoms with van der Waals surface area (Å²) in [5.41, 5.74) is 0.972. The Balaban J connectivity index is 1.87. The first-order valence-corrected chi connectivity index (χ1v) is 8.54. The molecule has 1 fully saturated rings. The third-order valence-corrected chi connectivity index (χ3v) is 4.65. The Bertz CT molecular complexity index is 959. The number of amidine groups is 1. The van der Waals surface area contributed by atoms with E-state index in [1.807, 2.05) is 18.2 Å². The Morgan fingerprint density at radius 1 is 1.31 bits per heavy atom. The van der Waals surface area contributed by atoms with Gasteiger partial charge in [0.05, 0.1) is 27.6 Å². The van der Waals surface area contributed by atoms with Crippen molar-refractivity contribution < 1.29 is 14.5 Å². The number of non-ortho nitro benzene ring substituents is 1. The van der Waals surface area contributed by atoms with Crippen LogP contribution >= 0.6 is 23.4 Å². The number of amides is 1. The molecule has 2 aromatic rings. The van der Waals surface area contributed by atoms with Crippen LogP contribution < -0.4 is 10.1 Å². The van der Waals surface area contributed by atoms with Crippen molar-refractivity contribution >= 4 is 51.9 Å². The zero-order valence-corrected chi connectivity index (χ0v) is 15.0. The molecule has 1 amide bonds. The number of ether oxygens (including phenoxy) is 1. The zero-order chi connectivity index (χ0) is 18.7. The van der Waals surface area contributed by atoms with Crippen LogP contribution in [-0.4, -0.2) is 23.1 Å². The van der Waals surface area contributed by atoms with Gasteiger partial charge in [0.15, 0.2) is 5.17 Å². The Labute approximate surface area is 157 Å². The van der Waals surface area contributed by atoms with Crippen molar-refractivity contribution in [2.24, 2.45) is 4.99 Å².